The summed E-state index contributed by atoms with van der Waals surface area (Å²) in [5.74, 6) is -2.23. The number of hydrogen-bond donors (Lipinski definition) is 2. The Morgan fingerprint density at radius 2 is 2.05 bits per heavy atom. The monoisotopic (exact) mass is 348 g/mol. The summed E-state index contributed by atoms with van der Waals surface area (Å²) < 4.78 is 25.3. The second kappa shape index (κ2) is 7.70. The molecule has 2 N–H and O–H groups in total. The second-order valence-electron chi connectivity index (χ2n) is 4.94. The first-order chi connectivity index (χ1) is 10.2. The lowest BCUT2D eigenvalue weighted by Crippen LogP contribution is -2.33. The van der Waals surface area contributed by atoms with Crippen molar-refractivity contribution in [1.29, 1.82) is 0 Å². The Kier molecular flexibility index (Phi) is 6.51. The number of amides is 1. The smallest absolute Gasteiger partial charge is 0.308 e. The van der Waals surface area contributed by atoms with E-state index in [0.717, 1.165) is 15.6 Å². The Bertz CT molecular complexity index is 637. The molecule has 1 amide bonds. The Labute approximate surface area is 134 Å². The molecule has 0 aromatic carbocycles. The molecule has 1 atom stereocenters. The topological polar surface area (TPSA) is 104 Å². The number of carbonyl (C=O) groups is 2. The molecular formula is C13H20N2O5S2. The molecule has 0 saturated heterocycles. The minimum atomic E-state index is -3.71. The molecular weight excluding hydrogens is 328 g/mol. The average molecular weight is 348 g/mol. The van der Waals surface area contributed by atoms with E-state index < -0.39 is 27.8 Å². The van der Waals surface area contributed by atoms with Crippen molar-refractivity contribution in [3.05, 3.63) is 16.3 Å². The van der Waals surface area contributed by atoms with E-state index in [9.17, 15) is 18.0 Å². The fourth-order valence-corrected chi connectivity index (χ4v) is 4.03. The minimum absolute atomic E-state index is 0.0264. The first-order valence-electron chi connectivity index (χ1n) is 6.72. The van der Waals surface area contributed by atoms with Gasteiger partial charge in [-0.2, -0.15) is 0 Å². The highest BCUT2D eigenvalue weighted by Gasteiger charge is 2.26. The molecule has 9 heteroatoms. The molecule has 7 nitrogen and oxygen atoms in total. The van der Waals surface area contributed by atoms with Gasteiger partial charge in [0.05, 0.1) is 5.92 Å². The Morgan fingerprint density at radius 3 is 2.55 bits per heavy atom. The molecule has 0 fully saturated rings. The third-order valence-corrected chi connectivity index (χ3v) is 5.99. The molecule has 0 aliphatic heterocycles. The van der Waals surface area contributed by atoms with Gasteiger partial charge in [-0.15, -0.1) is 11.3 Å². The molecule has 0 spiro atoms. The van der Waals surface area contributed by atoms with Crippen LogP contribution in [0.25, 0.3) is 0 Å². The van der Waals surface area contributed by atoms with Crippen molar-refractivity contribution in [2.24, 2.45) is 5.92 Å². The van der Waals surface area contributed by atoms with Gasteiger partial charge in [0.2, 0.25) is 10.0 Å². The largest absolute Gasteiger partial charge is 0.481 e. The SMILES string of the molecule is CCCC(CNC(=O)c1sccc1S(=O)(=O)N(C)C)C(=O)O. The second-order valence-corrected chi connectivity index (χ2v) is 7.97. The van der Waals surface area contributed by atoms with E-state index in [4.69, 9.17) is 5.11 Å². The molecule has 124 valence electrons. The third-order valence-electron chi connectivity index (χ3n) is 3.09. The van der Waals surface area contributed by atoms with Gasteiger partial charge in [-0.25, -0.2) is 12.7 Å². The van der Waals surface area contributed by atoms with Gasteiger partial charge in [-0.3, -0.25) is 9.59 Å². The number of hydrogen-bond acceptors (Lipinski definition) is 5. The van der Waals surface area contributed by atoms with Crippen LogP contribution in [0.3, 0.4) is 0 Å². The van der Waals surface area contributed by atoms with E-state index in [2.05, 4.69) is 5.32 Å². The summed E-state index contributed by atoms with van der Waals surface area (Å²) in [6.45, 7) is 1.83. The molecule has 1 heterocycles. The molecule has 1 unspecified atom stereocenters. The molecule has 1 rings (SSSR count). The number of aliphatic carboxylic acids is 1. The Morgan fingerprint density at radius 1 is 1.41 bits per heavy atom. The summed E-state index contributed by atoms with van der Waals surface area (Å²) in [4.78, 5) is 23.2. The predicted octanol–water partition coefficient (Wildman–Crippen LogP) is 1.23. The number of nitrogens with zero attached hydrogens (tertiary/aromatic N) is 1. The van der Waals surface area contributed by atoms with Gasteiger partial charge < -0.3 is 10.4 Å². The Balaban J connectivity index is 2.88. The van der Waals surface area contributed by atoms with Crippen LogP contribution < -0.4 is 5.32 Å². The molecule has 0 bridgehead atoms. The van der Waals surface area contributed by atoms with Gasteiger partial charge in [-0.1, -0.05) is 13.3 Å². The number of thiophene rings is 1. The molecule has 1 aromatic heterocycles. The lowest BCUT2D eigenvalue weighted by Gasteiger charge is -2.14. The maximum absolute atomic E-state index is 12.2. The van der Waals surface area contributed by atoms with E-state index in [0.29, 0.717) is 12.8 Å². The van der Waals surface area contributed by atoms with Gasteiger partial charge in [0, 0.05) is 20.6 Å². The van der Waals surface area contributed by atoms with Gasteiger partial charge in [-0.05, 0) is 17.9 Å². The van der Waals surface area contributed by atoms with Crippen molar-refractivity contribution in [3.63, 3.8) is 0 Å². The molecule has 0 saturated carbocycles. The van der Waals surface area contributed by atoms with E-state index in [1.165, 1.54) is 25.5 Å². The number of rotatable bonds is 8. The van der Waals surface area contributed by atoms with E-state index in [1.807, 2.05) is 6.92 Å². The van der Waals surface area contributed by atoms with Crippen LogP contribution in [0.4, 0.5) is 0 Å². The maximum Gasteiger partial charge on any atom is 0.308 e. The number of carboxylic acid groups (broad SMARTS) is 1. The highest BCUT2D eigenvalue weighted by Crippen LogP contribution is 2.24. The lowest BCUT2D eigenvalue weighted by atomic mass is 10.0. The summed E-state index contributed by atoms with van der Waals surface area (Å²) in [6, 6.07) is 1.37. The van der Waals surface area contributed by atoms with Crippen molar-refractivity contribution in [2.45, 2.75) is 24.7 Å². The van der Waals surface area contributed by atoms with Crippen molar-refractivity contribution < 1.29 is 23.1 Å². The fourth-order valence-electron chi connectivity index (χ4n) is 1.82. The van der Waals surface area contributed by atoms with Crippen molar-refractivity contribution in [1.82, 2.24) is 9.62 Å². The first kappa shape index (κ1) is 18.6. The number of nitrogens with one attached hydrogen (secondary N) is 1. The standard InChI is InChI=1S/C13H20N2O5S2/c1-4-5-9(13(17)18)8-14-12(16)11-10(6-7-21-11)22(19,20)15(2)3/h6-7,9H,4-5,8H2,1-3H3,(H,14,16)(H,17,18). The number of sulfonamides is 1. The van der Waals surface area contributed by atoms with Crippen LogP contribution in [-0.4, -0.2) is 50.3 Å². The zero-order valence-corrected chi connectivity index (χ0v) is 14.3. The zero-order valence-electron chi connectivity index (χ0n) is 12.7. The predicted molar refractivity (Wildman–Crippen MR) is 83.6 cm³/mol. The average Bonchev–Trinajstić information content (AvgIpc) is 2.92. The number of carboxylic acids is 1. The number of carbonyl (C=O) groups excluding carboxylic acids is 1. The first-order valence-corrected chi connectivity index (χ1v) is 9.04. The summed E-state index contributed by atoms with van der Waals surface area (Å²) in [7, 11) is -0.937. The zero-order chi connectivity index (χ0) is 16.9. The normalized spacial score (nSPS) is 13.1. The fraction of sp³-hybridized carbons (Fsp3) is 0.538. The van der Waals surface area contributed by atoms with Crippen LogP contribution in [0.5, 0.6) is 0 Å². The summed E-state index contributed by atoms with van der Waals surface area (Å²) >= 11 is 1.01. The van der Waals surface area contributed by atoms with E-state index >= 15 is 0 Å². The molecule has 0 radical (unpaired) electrons. The van der Waals surface area contributed by atoms with Crippen molar-refractivity contribution in [2.75, 3.05) is 20.6 Å². The summed E-state index contributed by atoms with van der Waals surface area (Å²) in [6.07, 6.45) is 1.13. The van der Waals surface area contributed by atoms with Crippen LogP contribution in [0.15, 0.2) is 16.3 Å². The van der Waals surface area contributed by atoms with Crippen LogP contribution >= 0.6 is 11.3 Å². The maximum atomic E-state index is 12.2. The van der Waals surface area contributed by atoms with Crippen molar-refractivity contribution >= 4 is 33.2 Å². The quantitative estimate of drug-likeness (QED) is 0.735. The van der Waals surface area contributed by atoms with E-state index in [1.54, 1.807) is 0 Å². The van der Waals surface area contributed by atoms with Gasteiger partial charge in [0.25, 0.3) is 5.91 Å². The van der Waals surface area contributed by atoms with Gasteiger partial charge in [0.1, 0.15) is 9.77 Å². The highest BCUT2D eigenvalue weighted by atomic mass is 32.2. The molecule has 0 aliphatic carbocycles. The molecule has 0 aliphatic rings. The van der Waals surface area contributed by atoms with Crippen molar-refractivity contribution in [3.8, 4) is 0 Å². The highest BCUT2D eigenvalue weighted by molar-refractivity contribution is 7.89. The molecule has 1 aromatic rings. The van der Waals surface area contributed by atoms with Crippen LogP contribution in [0.1, 0.15) is 29.4 Å². The van der Waals surface area contributed by atoms with Crippen LogP contribution in [0, 0.1) is 5.92 Å². The Hall–Kier alpha value is -1.45. The summed E-state index contributed by atoms with van der Waals surface area (Å²) in [5.41, 5.74) is 0. The van der Waals surface area contributed by atoms with E-state index in [-0.39, 0.29) is 16.3 Å². The van der Waals surface area contributed by atoms with Gasteiger partial charge >= 0.3 is 5.97 Å². The summed E-state index contributed by atoms with van der Waals surface area (Å²) in [5, 5.41) is 13.1. The lowest BCUT2D eigenvalue weighted by molar-refractivity contribution is -0.141. The third kappa shape index (κ3) is 4.28. The van der Waals surface area contributed by atoms with Gasteiger partial charge in [0.15, 0.2) is 0 Å². The van der Waals surface area contributed by atoms with Crippen LogP contribution in [-0.2, 0) is 14.8 Å². The molecule has 22 heavy (non-hydrogen) atoms. The van der Waals surface area contributed by atoms with Crippen LogP contribution in [0.2, 0.25) is 0 Å². The minimum Gasteiger partial charge on any atom is -0.481 e.